The number of carbonyl (C=O) groups excluding carboxylic acids is 1. The maximum absolute atomic E-state index is 12.8. The van der Waals surface area contributed by atoms with E-state index in [0.29, 0.717) is 21.4 Å². The van der Waals surface area contributed by atoms with Gasteiger partial charge in [-0.1, -0.05) is 53.0 Å². The van der Waals surface area contributed by atoms with Crippen molar-refractivity contribution >= 4 is 58.2 Å². The van der Waals surface area contributed by atoms with Crippen LogP contribution in [0.3, 0.4) is 0 Å². The molecule has 11 heteroatoms. The molecule has 0 unspecified atom stereocenters. The molecule has 35 heavy (non-hydrogen) atoms. The highest BCUT2D eigenvalue weighted by atomic mass is 35.5. The van der Waals surface area contributed by atoms with Gasteiger partial charge in [0.25, 0.3) is 11.6 Å². The predicted molar refractivity (Wildman–Crippen MR) is 134 cm³/mol. The number of halogens is 3. The third-order valence-electron chi connectivity index (χ3n) is 4.67. The van der Waals surface area contributed by atoms with Gasteiger partial charge in [-0.25, -0.2) is 0 Å². The van der Waals surface area contributed by atoms with Crippen molar-refractivity contribution in [3.05, 3.63) is 96.5 Å². The Hall–Kier alpha value is -3.77. The molecule has 3 aromatic rings. The average molecular weight is 533 g/mol. The highest BCUT2D eigenvalue weighted by Crippen LogP contribution is 2.34. The number of nitro groups is 1. The number of nitrogens with zero attached hydrogens (tertiary/aromatic N) is 2. The van der Waals surface area contributed by atoms with Gasteiger partial charge in [0.15, 0.2) is 11.5 Å². The Morgan fingerprint density at radius 2 is 1.86 bits per heavy atom. The second-order valence-electron chi connectivity index (χ2n) is 6.96. The van der Waals surface area contributed by atoms with Crippen LogP contribution in [0, 0.1) is 21.4 Å². The number of hydrogen-bond acceptors (Lipinski definition) is 6. The van der Waals surface area contributed by atoms with Gasteiger partial charge < -0.3 is 14.8 Å². The number of nitrogens with one attached hydrogen (secondary N) is 1. The van der Waals surface area contributed by atoms with Crippen molar-refractivity contribution in [3.8, 4) is 17.6 Å². The molecule has 0 fully saturated rings. The van der Waals surface area contributed by atoms with Crippen molar-refractivity contribution in [2.45, 2.75) is 6.61 Å². The Kier molecular flexibility index (Phi) is 8.55. The maximum atomic E-state index is 12.8. The summed E-state index contributed by atoms with van der Waals surface area (Å²) in [4.78, 5) is 23.2. The fourth-order valence-corrected chi connectivity index (χ4v) is 3.45. The summed E-state index contributed by atoms with van der Waals surface area (Å²) in [7, 11) is 1.46. The summed E-state index contributed by atoms with van der Waals surface area (Å²) in [5, 5.41) is 23.9. The van der Waals surface area contributed by atoms with Gasteiger partial charge in [-0.3, -0.25) is 14.9 Å². The first-order valence-electron chi connectivity index (χ1n) is 9.84. The van der Waals surface area contributed by atoms with E-state index in [4.69, 9.17) is 44.3 Å². The third-order valence-corrected chi connectivity index (χ3v) is 5.74. The molecule has 0 heterocycles. The summed E-state index contributed by atoms with van der Waals surface area (Å²) in [5.74, 6) is -0.151. The minimum Gasteiger partial charge on any atom is -0.493 e. The van der Waals surface area contributed by atoms with Crippen LogP contribution in [0.4, 0.5) is 11.4 Å². The number of amides is 1. The van der Waals surface area contributed by atoms with Gasteiger partial charge in [-0.2, -0.15) is 5.26 Å². The molecule has 3 rings (SSSR count). The Morgan fingerprint density at radius 3 is 2.51 bits per heavy atom. The van der Waals surface area contributed by atoms with Gasteiger partial charge in [0.05, 0.1) is 32.8 Å². The zero-order valence-corrected chi connectivity index (χ0v) is 20.3. The summed E-state index contributed by atoms with van der Waals surface area (Å²) in [6.07, 6.45) is 1.31. The number of benzene rings is 3. The number of para-hydroxylation sites is 1. The molecular weight excluding hydrogens is 517 g/mol. The van der Waals surface area contributed by atoms with Crippen molar-refractivity contribution < 1.29 is 19.2 Å². The first-order valence-corrected chi connectivity index (χ1v) is 11.0. The minimum absolute atomic E-state index is 0.00579. The molecule has 0 aliphatic rings. The number of carbonyl (C=O) groups is 1. The average Bonchev–Trinajstić information content (AvgIpc) is 2.84. The molecule has 0 atom stereocenters. The van der Waals surface area contributed by atoms with E-state index in [9.17, 15) is 20.2 Å². The van der Waals surface area contributed by atoms with Crippen molar-refractivity contribution in [3.63, 3.8) is 0 Å². The molecule has 1 N–H and O–H groups in total. The summed E-state index contributed by atoms with van der Waals surface area (Å²) < 4.78 is 11.3. The number of nitriles is 1. The molecule has 1 amide bonds. The van der Waals surface area contributed by atoms with Crippen molar-refractivity contribution in [1.29, 1.82) is 5.26 Å². The first kappa shape index (κ1) is 25.8. The summed E-state index contributed by atoms with van der Waals surface area (Å²) >= 11 is 18.1. The monoisotopic (exact) mass is 531 g/mol. The Labute approximate surface area is 215 Å². The molecule has 0 saturated carbocycles. The molecule has 0 aliphatic carbocycles. The number of hydrogen-bond donors (Lipinski definition) is 1. The number of non-ortho nitro benzene ring substituents is 1. The zero-order valence-electron chi connectivity index (χ0n) is 18.1. The number of ether oxygens (including phenoxy) is 2. The fraction of sp³-hybridized carbons (Fsp3) is 0.0833. The number of methoxy groups -OCH3 is 1. The molecule has 0 aliphatic heterocycles. The van der Waals surface area contributed by atoms with Crippen LogP contribution in [0.1, 0.15) is 11.1 Å². The predicted octanol–water partition coefficient (Wildman–Crippen LogP) is 6.69. The lowest BCUT2D eigenvalue weighted by Gasteiger charge is -2.14. The van der Waals surface area contributed by atoms with Gasteiger partial charge in [0, 0.05) is 17.7 Å². The molecule has 178 valence electrons. The molecular formula is C24H16Cl3N3O5. The second kappa shape index (κ2) is 11.6. The van der Waals surface area contributed by atoms with E-state index in [0.717, 1.165) is 11.6 Å². The molecule has 0 bridgehead atoms. The maximum Gasteiger partial charge on any atom is 0.271 e. The normalized spacial score (nSPS) is 10.9. The minimum atomic E-state index is -0.812. The van der Waals surface area contributed by atoms with E-state index >= 15 is 0 Å². The van der Waals surface area contributed by atoms with Crippen LogP contribution < -0.4 is 14.8 Å². The molecule has 0 aromatic heterocycles. The third kappa shape index (κ3) is 6.43. The highest BCUT2D eigenvalue weighted by Gasteiger charge is 2.17. The van der Waals surface area contributed by atoms with Crippen molar-refractivity contribution in [2.24, 2.45) is 0 Å². The largest absolute Gasteiger partial charge is 0.493 e. The van der Waals surface area contributed by atoms with Gasteiger partial charge in [-0.15, -0.1) is 0 Å². The Balaban J connectivity index is 1.91. The number of nitro benzene ring substituents is 1. The summed E-state index contributed by atoms with van der Waals surface area (Å²) in [5.41, 5.74) is 0.562. The SMILES string of the molecule is COc1cccc(/C=C(\C#N)C(=O)Nc2cc([N+](=O)[O-])ccc2Cl)c1OCc1ccc(Cl)c(Cl)c1. The molecule has 8 nitrogen and oxygen atoms in total. The van der Waals surface area contributed by atoms with Crippen LogP contribution in [0.2, 0.25) is 15.1 Å². The molecule has 0 saturated heterocycles. The summed E-state index contributed by atoms with van der Waals surface area (Å²) in [6.45, 7) is 0.107. The Bertz CT molecular complexity index is 1370. The van der Waals surface area contributed by atoms with Gasteiger partial charge >= 0.3 is 0 Å². The quantitative estimate of drug-likeness (QED) is 0.150. The lowest BCUT2D eigenvalue weighted by molar-refractivity contribution is -0.384. The smallest absolute Gasteiger partial charge is 0.271 e. The van der Waals surface area contributed by atoms with Crippen molar-refractivity contribution in [1.82, 2.24) is 0 Å². The number of rotatable bonds is 8. The van der Waals surface area contributed by atoms with E-state index in [1.54, 1.807) is 36.4 Å². The van der Waals surface area contributed by atoms with Crippen LogP contribution in [-0.4, -0.2) is 17.9 Å². The lowest BCUT2D eigenvalue weighted by Crippen LogP contribution is -2.14. The van der Waals surface area contributed by atoms with Crippen molar-refractivity contribution in [2.75, 3.05) is 12.4 Å². The number of anilines is 1. The zero-order chi connectivity index (χ0) is 25.5. The van der Waals surface area contributed by atoms with Gasteiger partial charge in [0.1, 0.15) is 18.2 Å². The van der Waals surface area contributed by atoms with Crippen LogP contribution in [-0.2, 0) is 11.4 Å². The van der Waals surface area contributed by atoms with E-state index < -0.39 is 10.8 Å². The van der Waals surface area contributed by atoms with Crippen LogP contribution >= 0.6 is 34.8 Å². The highest BCUT2D eigenvalue weighted by molar-refractivity contribution is 6.42. The topological polar surface area (TPSA) is 114 Å². The molecule has 3 aromatic carbocycles. The van der Waals surface area contributed by atoms with Gasteiger partial charge in [-0.05, 0) is 35.9 Å². The molecule has 0 radical (unpaired) electrons. The van der Waals surface area contributed by atoms with Crippen LogP contribution in [0.5, 0.6) is 11.5 Å². The first-order chi connectivity index (χ1) is 16.7. The van der Waals surface area contributed by atoms with E-state index in [1.165, 1.54) is 25.3 Å². The van der Waals surface area contributed by atoms with Crippen LogP contribution in [0.15, 0.2) is 60.2 Å². The summed E-state index contributed by atoms with van der Waals surface area (Å²) in [6, 6.07) is 15.4. The lowest BCUT2D eigenvalue weighted by atomic mass is 10.1. The second-order valence-corrected chi connectivity index (χ2v) is 8.18. The van der Waals surface area contributed by atoms with Crippen LogP contribution in [0.25, 0.3) is 6.08 Å². The fourth-order valence-electron chi connectivity index (χ4n) is 2.96. The standard InChI is InChI=1S/C24H16Cl3N3O5/c1-34-22-4-2-3-15(23(22)35-13-14-5-7-18(25)20(27)9-14)10-16(12-28)24(31)29-21-11-17(30(32)33)6-8-19(21)26/h2-11H,13H2,1H3,(H,29,31)/b16-10+. The van der Waals surface area contributed by atoms with E-state index in [-0.39, 0.29) is 34.3 Å². The molecule has 0 spiro atoms. The van der Waals surface area contributed by atoms with E-state index in [2.05, 4.69) is 5.32 Å². The Morgan fingerprint density at radius 1 is 1.11 bits per heavy atom. The van der Waals surface area contributed by atoms with E-state index in [1.807, 2.05) is 6.07 Å². The van der Waals surface area contributed by atoms with Gasteiger partial charge in [0.2, 0.25) is 0 Å².